The first-order chi connectivity index (χ1) is 12.2. The van der Waals surface area contributed by atoms with E-state index in [0.29, 0.717) is 17.0 Å². The van der Waals surface area contributed by atoms with E-state index < -0.39 is 0 Å². The fourth-order valence-corrected chi connectivity index (χ4v) is 3.80. The Bertz CT molecular complexity index is 768. The Balaban J connectivity index is 1.51. The van der Waals surface area contributed by atoms with Crippen LogP contribution in [0.15, 0.2) is 30.5 Å². The number of benzene rings is 1. The Morgan fingerprint density at radius 2 is 2.08 bits per heavy atom. The predicted octanol–water partition coefficient (Wildman–Crippen LogP) is 2.44. The molecular weight excluding hydrogens is 320 g/mol. The monoisotopic (exact) mass is 342 g/mol. The van der Waals surface area contributed by atoms with Crippen LogP contribution in [-0.4, -0.2) is 60.2 Å². The van der Waals surface area contributed by atoms with E-state index in [1.165, 1.54) is 6.42 Å². The van der Waals surface area contributed by atoms with Crippen molar-refractivity contribution in [3.63, 3.8) is 0 Å². The summed E-state index contributed by atoms with van der Waals surface area (Å²) in [5.41, 5.74) is 1.81. The zero-order valence-corrected chi connectivity index (χ0v) is 14.1. The van der Waals surface area contributed by atoms with Gasteiger partial charge in [0.1, 0.15) is 5.52 Å². The first-order valence-corrected chi connectivity index (χ1v) is 8.83. The fraction of sp³-hybridized carbons (Fsp3) is 0.500. The molecule has 7 nitrogen and oxygen atoms in total. The van der Waals surface area contributed by atoms with Crippen molar-refractivity contribution in [2.45, 2.75) is 18.9 Å². The summed E-state index contributed by atoms with van der Waals surface area (Å²) in [6, 6.07) is 6.96. The van der Waals surface area contributed by atoms with Crippen LogP contribution in [0.3, 0.4) is 0 Å². The van der Waals surface area contributed by atoms with Gasteiger partial charge < -0.3 is 9.64 Å². The van der Waals surface area contributed by atoms with Gasteiger partial charge in [0.05, 0.1) is 22.1 Å². The van der Waals surface area contributed by atoms with Gasteiger partial charge in [0.15, 0.2) is 0 Å². The van der Waals surface area contributed by atoms with Gasteiger partial charge in [-0.05, 0) is 31.0 Å². The van der Waals surface area contributed by atoms with Crippen LogP contribution in [0.2, 0.25) is 0 Å². The van der Waals surface area contributed by atoms with Gasteiger partial charge in [0.25, 0.3) is 5.69 Å². The van der Waals surface area contributed by atoms with Crippen LogP contribution in [0.5, 0.6) is 0 Å². The van der Waals surface area contributed by atoms with Crippen LogP contribution in [0.4, 0.5) is 11.4 Å². The van der Waals surface area contributed by atoms with Gasteiger partial charge in [-0.2, -0.15) is 0 Å². The van der Waals surface area contributed by atoms with E-state index in [2.05, 4.69) is 14.8 Å². The second-order valence-corrected chi connectivity index (χ2v) is 6.68. The minimum Gasteiger partial charge on any atom is -0.377 e. The number of hydrogen-bond acceptors (Lipinski definition) is 6. The zero-order valence-electron chi connectivity index (χ0n) is 14.1. The molecular formula is C18H22N4O3. The average Bonchev–Trinajstić information content (AvgIpc) is 3.14. The third-order valence-corrected chi connectivity index (χ3v) is 5.12. The van der Waals surface area contributed by atoms with E-state index >= 15 is 0 Å². The van der Waals surface area contributed by atoms with E-state index in [1.54, 1.807) is 24.4 Å². The number of rotatable bonds is 4. The summed E-state index contributed by atoms with van der Waals surface area (Å²) in [5.74, 6) is 0. The summed E-state index contributed by atoms with van der Waals surface area (Å²) in [6.45, 7) is 5.65. The highest BCUT2D eigenvalue weighted by atomic mass is 16.6. The molecule has 7 heteroatoms. The number of nitro groups is 1. The second-order valence-electron chi connectivity index (χ2n) is 6.68. The molecule has 0 radical (unpaired) electrons. The molecule has 2 aliphatic heterocycles. The summed E-state index contributed by atoms with van der Waals surface area (Å²) in [4.78, 5) is 20.1. The van der Waals surface area contributed by atoms with E-state index in [0.717, 1.165) is 51.4 Å². The number of piperazine rings is 1. The van der Waals surface area contributed by atoms with Crippen molar-refractivity contribution in [3.8, 4) is 0 Å². The topological polar surface area (TPSA) is 71.7 Å². The molecule has 25 heavy (non-hydrogen) atoms. The van der Waals surface area contributed by atoms with E-state index in [9.17, 15) is 10.1 Å². The average molecular weight is 342 g/mol. The van der Waals surface area contributed by atoms with E-state index in [-0.39, 0.29) is 10.6 Å². The van der Waals surface area contributed by atoms with Crippen molar-refractivity contribution in [1.29, 1.82) is 0 Å². The summed E-state index contributed by atoms with van der Waals surface area (Å²) in [7, 11) is 0. The number of non-ortho nitro benzene ring substituents is 1. The second kappa shape index (κ2) is 6.93. The molecule has 0 N–H and O–H groups in total. The smallest absolute Gasteiger partial charge is 0.278 e. The lowest BCUT2D eigenvalue weighted by Crippen LogP contribution is -2.48. The Kier molecular flexibility index (Phi) is 4.50. The van der Waals surface area contributed by atoms with Crippen molar-refractivity contribution in [2.24, 2.45) is 0 Å². The molecule has 0 amide bonds. The minimum absolute atomic E-state index is 0.115. The van der Waals surface area contributed by atoms with Crippen LogP contribution in [0.1, 0.15) is 12.8 Å². The number of nitro benzene ring substituents is 1. The van der Waals surface area contributed by atoms with Gasteiger partial charge >= 0.3 is 0 Å². The first kappa shape index (κ1) is 16.2. The van der Waals surface area contributed by atoms with Crippen LogP contribution in [0, 0.1) is 10.1 Å². The molecule has 1 unspecified atom stereocenters. The Morgan fingerprint density at radius 1 is 1.24 bits per heavy atom. The molecule has 3 heterocycles. The molecule has 2 saturated heterocycles. The zero-order chi connectivity index (χ0) is 17.2. The van der Waals surface area contributed by atoms with Gasteiger partial charge in [-0.15, -0.1) is 0 Å². The number of hydrogen-bond donors (Lipinski definition) is 0. The lowest BCUT2D eigenvalue weighted by atomic mass is 10.1. The number of ether oxygens (including phenoxy) is 1. The quantitative estimate of drug-likeness (QED) is 0.628. The Morgan fingerprint density at radius 3 is 2.80 bits per heavy atom. The molecule has 0 aliphatic carbocycles. The Labute approximate surface area is 146 Å². The minimum atomic E-state index is -0.340. The number of fused-ring (bicyclic) bond motifs is 1. The van der Waals surface area contributed by atoms with Crippen LogP contribution in [0.25, 0.3) is 10.9 Å². The molecule has 1 aromatic carbocycles. The van der Waals surface area contributed by atoms with Gasteiger partial charge in [-0.3, -0.25) is 20.0 Å². The summed E-state index contributed by atoms with van der Waals surface area (Å²) in [5, 5.41) is 11.9. The van der Waals surface area contributed by atoms with Gasteiger partial charge in [0, 0.05) is 51.6 Å². The molecule has 2 aliphatic rings. The van der Waals surface area contributed by atoms with Crippen LogP contribution >= 0.6 is 0 Å². The van der Waals surface area contributed by atoms with Gasteiger partial charge in [-0.25, -0.2) is 0 Å². The maximum Gasteiger partial charge on any atom is 0.278 e. The summed E-state index contributed by atoms with van der Waals surface area (Å²) < 4.78 is 5.73. The van der Waals surface area contributed by atoms with Crippen LogP contribution in [-0.2, 0) is 4.74 Å². The maximum absolute atomic E-state index is 11.3. The number of anilines is 1. The van der Waals surface area contributed by atoms with Crippen molar-refractivity contribution < 1.29 is 9.66 Å². The first-order valence-electron chi connectivity index (χ1n) is 8.83. The standard InChI is InChI=1S/C18H22N4O3/c23-22(24)16-5-6-17(18-15(16)4-1-7-19-18)21-10-8-20(9-11-21)13-14-3-2-12-25-14/h1,4-7,14H,2-3,8-13H2. The number of nitrogens with zero attached hydrogens (tertiary/aromatic N) is 4. The summed E-state index contributed by atoms with van der Waals surface area (Å²) in [6.07, 6.45) is 4.42. The maximum atomic E-state index is 11.3. The third kappa shape index (κ3) is 3.29. The van der Waals surface area contributed by atoms with E-state index in [4.69, 9.17) is 4.74 Å². The Hall–Kier alpha value is -2.25. The highest BCUT2D eigenvalue weighted by Crippen LogP contribution is 2.32. The molecule has 0 bridgehead atoms. The molecule has 1 atom stereocenters. The highest BCUT2D eigenvalue weighted by Gasteiger charge is 2.25. The lowest BCUT2D eigenvalue weighted by Gasteiger charge is -2.37. The summed E-state index contributed by atoms with van der Waals surface area (Å²) >= 11 is 0. The van der Waals surface area contributed by atoms with Crippen molar-refractivity contribution in [3.05, 3.63) is 40.6 Å². The fourth-order valence-electron chi connectivity index (χ4n) is 3.80. The van der Waals surface area contributed by atoms with E-state index in [1.807, 2.05) is 6.07 Å². The van der Waals surface area contributed by atoms with Crippen LogP contribution < -0.4 is 4.90 Å². The largest absolute Gasteiger partial charge is 0.377 e. The molecule has 4 rings (SSSR count). The van der Waals surface area contributed by atoms with Crippen molar-refractivity contribution >= 4 is 22.3 Å². The number of pyridine rings is 1. The molecule has 0 saturated carbocycles. The molecule has 1 aromatic heterocycles. The highest BCUT2D eigenvalue weighted by molar-refractivity contribution is 5.97. The molecule has 2 fully saturated rings. The lowest BCUT2D eigenvalue weighted by molar-refractivity contribution is -0.383. The molecule has 132 valence electrons. The van der Waals surface area contributed by atoms with Crippen molar-refractivity contribution in [1.82, 2.24) is 9.88 Å². The SMILES string of the molecule is O=[N+]([O-])c1ccc(N2CCN(CC3CCCO3)CC2)c2ncccc12. The van der Waals surface area contributed by atoms with Gasteiger partial charge in [-0.1, -0.05) is 0 Å². The number of aromatic nitrogens is 1. The predicted molar refractivity (Wildman–Crippen MR) is 96.0 cm³/mol. The third-order valence-electron chi connectivity index (χ3n) is 5.12. The van der Waals surface area contributed by atoms with Crippen molar-refractivity contribution in [2.75, 3.05) is 44.2 Å². The molecule has 0 spiro atoms. The van der Waals surface area contributed by atoms with Gasteiger partial charge in [0.2, 0.25) is 0 Å². The normalized spacial score (nSPS) is 21.8. The molecule has 2 aromatic rings.